The van der Waals surface area contributed by atoms with Crippen LogP contribution in [0, 0.1) is 0 Å². The van der Waals surface area contributed by atoms with Crippen LogP contribution in [0.5, 0.6) is 0 Å². The van der Waals surface area contributed by atoms with Gasteiger partial charge in [0.1, 0.15) is 6.61 Å². The molecule has 0 fully saturated rings. The molecule has 0 radical (unpaired) electrons. The SMILES string of the molecule is CCC1COC(c2ccccc2CP(c2ccccc2)c2ccccc2)=N1. The Labute approximate surface area is 162 Å². The van der Waals surface area contributed by atoms with Crippen molar-refractivity contribution in [1.29, 1.82) is 0 Å². The highest BCUT2D eigenvalue weighted by atomic mass is 31.1. The molecule has 0 spiro atoms. The number of aliphatic imine (C=N–C) groups is 1. The Kier molecular flexibility index (Phi) is 5.65. The summed E-state index contributed by atoms with van der Waals surface area (Å²) in [7, 11) is -0.483. The highest BCUT2D eigenvalue weighted by Crippen LogP contribution is 2.39. The highest BCUT2D eigenvalue weighted by molar-refractivity contribution is 7.72. The van der Waals surface area contributed by atoms with Gasteiger partial charge in [-0.05, 0) is 36.6 Å². The molecule has 0 aliphatic carbocycles. The molecule has 1 heterocycles. The Hall–Kier alpha value is -2.44. The van der Waals surface area contributed by atoms with Gasteiger partial charge in [-0.25, -0.2) is 4.99 Å². The molecule has 27 heavy (non-hydrogen) atoms. The second-order valence-electron chi connectivity index (χ2n) is 6.72. The molecular weight excluding hydrogens is 349 g/mol. The fourth-order valence-corrected chi connectivity index (χ4v) is 5.70. The van der Waals surface area contributed by atoms with E-state index in [1.807, 2.05) is 0 Å². The van der Waals surface area contributed by atoms with Crippen LogP contribution in [0.1, 0.15) is 24.5 Å². The Morgan fingerprint density at radius 2 is 1.44 bits per heavy atom. The Balaban J connectivity index is 1.71. The molecule has 2 nitrogen and oxygen atoms in total. The molecule has 0 saturated carbocycles. The number of nitrogens with zero attached hydrogens (tertiary/aromatic N) is 1. The standard InChI is InChI=1S/C24H24NOP/c1-2-20-17-26-24(25-20)23-16-10-9-11-19(23)18-27(21-12-5-3-6-13-21)22-14-7-4-8-15-22/h3-16,20H,2,17-18H2,1H3. The molecule has 4 rings (SSSR count). The third kappa shape index (κ3) is 4.12. The molecule has 136 valence electrons. The zero-order valence-corrected chi connectivity index (χ0v) is 16.5. The van der Waals surface area contributed by atoms with Crippen molar-refractivity contribution in [3.05, 3.63) is 96.1 Å². The predicted molar refractivity (Wildman–Crippen MR) is 116 cm³/mol. The second-order valence-corrected chi connectivity index (χ2v) is 8.93. The summed E-state index contributed by atoms with van der Waals surface area (Å²) in [6.45, 7) is 2.86. The van der Waals surface area contributed by atoms with E-state index in [9.17, 15) is 0 Å². The van der Waals surface area contributed by atoms with Gasteiger partial charge in [0.25, 0.3) is 0 Å². The van der Waals surface area contributed by atoms with Crippen LogP contribution in [0.2, 0.25) is 0 Å². The van der Waals surface area contributed by atoms with Crippen LogP contribution in [-0.2, 0) is 10.9 Å². The third-order valence-corrected chi connectivity index (χ3v) is 7.40. The minimum absolute atomic E-state index is 0.290. The molecular formula is C24H24NOP. The van der Waals surface area contributed by atoms with Gasteiger partial charge in [-0.1, -0.05) is 85.8 Å². The summed E-state index contributed by atoms with van der Waals surface area (Å²) in [5.41, 5.74) is 2.46. The molecule has 0 saturated heterocycles. The average Bonchev–Trinajstić information content (AvgIpc) is 3.23. The van der Waals surface area contributed by atoms with Crippen molar-refractivity contribution in [2.24, 2.45) is 4.99 Å². The molecule has 1 aliphatic heterocycles. The van der Waals surface area contributed by atoms with E-state index in [1.54, 1.807) is 0 Å². The lowest BCUT2D eigenvalue weighted by Crippen LogP contribution is -2.14. The molecule has 1 atom stereocenters. The summed E-state index contributed by atoms with van der Waals surface area (Å²) in [5, 5.41) is 2.79. The molecule has 1 unspecified atom stereocenters. The van der Waals surface area contributed by atoms with E-state index in [4.69, 9.17) is 9.73 Å². The molecule has 1 aliphatic rings. The predicted octanol–water partition coefficient (Wildman–Crippen LogP) is 4.87. The third-order valence-electron chi connectivity index (χ3n) is 4.90. The van der Waals surface area contributed by atoms with Gasteiger partial charge in [0.05, 0.1) is 6.04 Å². The van der Waals surface area contributed by atoms with E-state index in [1.165, 1.54) is 16.2 Å². The molecule has 3 heteroatoms. The van der Waals surface area contributed by atoms with E-state index in [0.29, 0.717) is 6.61 Å². The normalized spacial score (nSPS) is 16.2. The quantitative estimate of drug-likeness (QED) is 0.565. The fraction of sp³-hybridized carbons (Fsp3) is 0.208. The molecule has 0 N–H and O–H groups in total. The molecule has 0 bridgehead atoms. The zero-order chi connectivity index (χ0) is 18.5. The van der Waals surface area contributed by atoms with Gasteiger partial charge < -0.3 is 4.74 Å². The summed E-state index contributed by atoms with van der Waals surface area (Å²) in [4.78, 5) is 4.79. The number of benzene rings is 3. The topological polar surface area (TPSA) is 21.6 Å². The second kappa shape index (κ2) is 8.50. The van der Waals surface area contributed by atoms with E-state index in [-0.39, 0.29) is 6.04 Å². The van der Waals surface area contributed by atoms with Crippen LogP contribution in [0.25, 0.3) is 0 Å². The van der Waals surface area contributed by atoms with Crippen LogP contribution >= 0.6 is 7.92 Å². The van der Waals surface area contributed by atoms with Crippen molar-refractivity contribution >= 4 is 24.4 Å². The monoisotopic (exact) mass is 373 g/mol. The van der Waals surface area contributed by atoms with Crippen LogP contribution in [0.4, 0.5) is 0 Å². The summed E-state index contributed by atoms with van der Waals surface area (Å²) < 4.78 is 5.93. The minimum atomic E-state index is -0.483. The van der Waals surface area contributed by atoms with Crippen LogP contribution in [-0.4, -0.2) is 18.5 Å². The Morgan fingerprint density at radius 1 is 0.852 bits per heavy atom. The van der Waals surface area contributed by atoms with Crippen molar-refractivity contribution < 1.29 is 4.74 Å². The maximum atomic E-state index is 5.93. The summed E-state index contributed by atoms with van der Waals surface area (Å²) in [6.07, 6.45) is 2.01. The number of ether oxygens (including phenoxy) is 1. The van der Waals surface area contributed by atoms with Crippen molar-refractivity contribution in [2.75, 3.05) is 6.61 Å². The smallest absolute Gasteiger partial charge is 0.216 e. The lowest BCUT2D eigenvalue weighted by atomic mass is 10.1. The van der Waals surface area contributed by atoms with Gasteiger partial charge in [0, 0.05) is 11.7 Å². The van der Waals surface area contributed by atoms with Crippen molar-refractivity contribution in [3.8, 4) is 0 Å². The van der Waals surface area contributed by atoms with Gasteiger partial charge in [-0.2, -0.15) is 0 Å². The van der Waals surface area contributed by atoms with Gasteiger partial charge in [-0.3, -0.25) is 0 Å². The van der Waals surface area contributed by atoms with Crippen molar-refractivity contribution in [3.63, 3.8) is 0 Å². The zero-order valence-electron chi connectivity index (χ0n) is 15.6. The molecule has 0 amide bonds. The van der Waals surface area contributed by atoms with Gasteiger partial charge >= 0.3 is 0 Å². The minimum Gasteiger partial charge on any atom is -0.475 e. The van der Waals surface area contributed by atoms with Crippen molar-refractivity contribution in [1.82, 2.24) is 0 Å². The number of rotatable bonds is 6. The first-order valence-electron chi connectivity index (χ1n) is 9.51. The largest absolute Gasteiger partial charge is 0.475 e. The maximum absolute atomic E-state index is 5.93. The molecule has 3 aromatic carbocycles. The van der Waals surface area contributed by atoms with Crippen molar-refractivity contribution in [2.45, 2.75) is 25.5 Å². The first-order valence-corrected chi connectivity index (χ1v) is 11.0. The maximum Gasteiger partial charge on any atom is 0.216 e. The van der Waals surface area contributed by atoms with E-state index < -0.39 is 7.92 Å². The van der Waals surface area contributed by atoms with E-state index in [2.05, 4.69) is 91.9 Å². The van der Waals surface area contributed by atoms with Crippen LogP contribution in [0.15, 0.2) is 89.9 Å². The molecule has 0 aromatic heterocycles. The lowest BCUT2D eigenvalue weighted by molar-refractivity contribution is 0.315. The number of hydrogen-bond donors (Lipinski definition) is 0. The fourth-order valence-electron chi connectivity index (χ4n) is 3.36. The first-order chi connectivity index (χ1) is 13.3. The van der Waals surface area contributed by atoms with E-state index >= 15 is 0 Å². The molecule has 3 aromatic rings. The highest BCUT2D eigenvalue weighted by Gasteiger charge is 2.22. The van der Waals surface area contributed by atoms with Gasteiger partial charge in [-0.15, -0.1) is 0 Å². The average molecular weight is 373 g/mol. The van der Waals surface area contributed by atoms with Gasteiger partial charge in [0.2, 0.25) is 5.90 Å². The van der Waals surface area contributed by atoms with E-state index in [0.717, 1.165) is 24.0 Å². The summed E-state index contributed by atoms with van der Waals surface area (Å²) >= 11 is 0. The number of hydrogen-bond acceptors (Lipinski definition) is 2. The van der Waals surface area contributed by atoms with Crippen LogP contribution < -0.4 is 10.6 Å². The summed E-state index contributed by atoms with van der Waals surface area (Å²) in [5.74, 6) is 0.813. The first kappa shape index (κ1) is 17.9. The van der Waals surface area contributed by atoms with Gasteiger partial charge in [0.15, 0.2) is 0 Å². The van der Waals surface area contributed by atoms with Crippen LogP contribution in [0.3, 0.4) is 0 Å². The Bertz CT molecular complexity index is 868. The lowest BCUT2D eigenvalue weighted by Gasteiger charge is -2.20. The Morgan fingerprint density at radius 3 is 2.04 bits per heavy atom. The summed E-state index contributed by atoms with van der Waals surface area (Å²) in [6, 6.07) is 30.6.